The van der Waals surface area contributed by atoms with E-state index in [0.29, 0.717) is 50.7 Å². The van der Waals surface area contributed by atoms with Crippen molar-refractivity contribution in [2.75, 3.05) is 35.5 Å². The Bertz CT molecular complexity index is 1470. The first kappa shape index (κ1) is 25.6. The van der Waals surface area contributed by atoms with E-state index < -0.39 is 11.9 Å². The number of carbonyl (C=O) groups is 1. The van der Waals surface area contributed by atoms with Crippen molar-refractivity contribution in [2.24, 2.45) is 0 Å². The molecule has 0 N–H and O–H groups in total. The quantitative estimate of drug-likeness (QED) is 0.288. The Balaban J connectivity index is 1.95. The number of hydrogen-bond acceptors (Lipinski definition) is 8. The maximum atomic E-state index is 13.6. The molecule has 0 saturated carbocycles. The van der Waals surface area contributed by atoms with Gasteiger partial charge in [0.1, 0.15) is 23.3 Å². The van der Waals surface area contributed by atoms with Gasteiger partial charge in [0.25, 0.3) is 0 Å². The number of carbonyl (C=O) groups excluding carboxylic acids is 1. The Morgan fingerprint density at radius 2 is 1.49 bits per heavy atom. The lowest BCUT2D eigenvalue weighted by atomic mass is 9.86. The van der Waals surface area contributed by atoms with Crippen LogP contribution in [0, 0.1) is 0 Å². The molecule has 8 nitrogen and oxygen atoms in total. The topological polar surface area (TPSA) is 93.4 Å². The summed E-state index contributed by atoms with van der Waals surface area (Å²) in [6, 6.07) is 15.9. The number of methoxy groups -OCH3 is 5. The molecule has 0 aliphatic heterocycles. The lowest BCUT2D eigenvalue weighted by Crippen LogP contribution is -2.14. The highest BCUT2D eigenvalue weighted by atomic mass is 16.5. The highest BCUT2D eigenvalue weighted by Gasteiger charge is 2.28. The third kappa shape index (κ3) is 4.95. The molecule has 0 unspecified atom stereocenters. The van der Waals surface area contributed by atoms with Gasteiger partial charge in [-0.05, 0) is 47.5 Å². The molecule has 0 spiro atoms. The number of hydrogen-bond donors (Lipinski definition) is 0. The van der Waals surface area contributed by atoms with Gasteiger partial charge in [-0.25, -0.2) is 0 Å². The van der Waals surface area contributed by atoms with Crippen molar-refractivity contribution >= 4 is 16.9 Å². The van der Waals surface area contributed by atoms with Crippen molar-refractivity contribution < 1.29 is 32.9 Å². The average molecular weight is 505 g/mol. The van der Waals surface area contributed by atoms with Crippen LogP contribution in [-0.4, -0.2) is 41.5 Å². The maximum absolute atomic E-state index is 13.6. The number of rotatable bonds is 9. The zero-order chi connectivity index (χ0) is 26.5. The van der Waals surface area contributed by atoms with Crippen LogP contribution in [0.2, 0.25) is 0 Å². The lowest BCUT2D eigenvalue weighted by Gasteiger charge is -2.22. The fourth-order valence-corrected chi connectivity index (χ4v) is 4.39. The van der Waals surface area contributed by atoms with Gasteiger partial charge < -0.3 is 28.1 Å². The predicted octanol–water partition coefficient (Wildman–Crippen LogP) is 5.19. The van der Waals surface area contributed by atoms with E-state index in [-0.39, 0.29) is 11.8 Å². The molecule has 4 rings (SSSR count). The van der Waals surface area contributed by atoms with E-state index in [1.165, 1.54) is 27.6 Å². The van der Waals surface area contributed by atoms with Crippen molar-refractivity contribution in [3.05, 3.63) is 82.2 Å². The van der Waals surface area contributed by atoms with Crippen LogP contribution >= 0.6 is 0 Å². The van der Waals surface area contributed by atoms with E-state index in [2.05, 4.69) is 0 Å². The van der Waals surface area contributed by atoms with Crippen LogP contribution in [0.15, 0.2) is 70.1 Å². The summed E-state index contributed by atoms with van der Waals surface area (Å²) in [5.41, 5.74) is 2.50. The predicted molar refractivity (Wildman–Crippen MR) is 139 cm³/mol. The highest BCUT2D eigenvalue weighted by molar-refractivity contribution is 5.87. The maximum Gasteiger partial charge on any atom is 0.306 e. The first-order chi connectivity index (χ1) is 17.9. The molecule has 3 aromatic carbocycles. The van der Waals surface area contributed by atoms with Gasteiger partial charge in [-0.2, -0.15) is 0 Å². The van der Waals surface area contributed by atoms with Crippen molar-refractivity contribution in [1.29, 1.82) is 0 Å². The van der Waals surface area contributed by atoms with Crippen LogP contribution in [0.3, 0.4) is 0 Å². The zero-order valence-corrected chi connectivity index (χ0v) is 21.3. The average Bonchev–Trinajstić information content (AvgIpc) is 2.95. The molecule has 1 aromatic heterocycles. The molecule has 0 amide bonds. The molecule has 37 heavy (non-hydrogen) atoms. The minimum absolute atomic E-state index is 0.0224. The van der Waals surface area contributed by atoms with Crippen LogP contribution in [-0.2, 0) is 9.53 Å². The van der Waals surface area contributed by atoms with E-state index in [1.807, 2.05) is 6.07 Å². The summed E-state index contributed by atoms with van der Waals surface area (Å²) in [5.74, 6) is 1.19. The van der Waals surface area contributed by atoms with Gasteiger partial charge >= 0.3 is 5.97 Å². The Morgan fingerprint density at radius 1 is 0.811 bits per heavy atom. The molecule has 4 aromatic rings. The summed E-state index contributed by atoms with van der Waals surface area (Å²) < 4.78 is 32.8. The van der Waals surface area contributed by atoms with Gasteiger partial charge in [-0.3, -0.25) is 9.59 Å². The molecule has 0 saturated heterocycles. The van der Waals surface area contributed by atoms with E-state index in [4.69, 9.17) is 28.1 Å². The minimum Gasteiger partial charge on any atom is -0.497 e. The second-order valence-electron chi connectivity index (χ2n) is 8.21. The van der Waals surface area contributed by atoms with Gasteiger partial charge in [-0.1, -0.05) is 18.2 Å². The standard InChI is InChI=1S/C29H28O8/c1-32-19-9-6-17(7-10-19)22-16-37-29-20(28(22)31)11-13-24(34-3)27(29)21(15-26(30)36-5)18-8-12-23(33-2)25(14-18)35-4/h6-14,16,21H,15H2,1-5H3/t21-/m1/s1. The van der Waals surface area contributed by atoms with Crippen molar-refractivity contribution in [2.45, 2.75) is 12.3 Å². The SMILES string of the molecule is COC(=O)C[C@H](c1ccc(OC)c(OC)c1)c1c(OC)ccc2c(=O)c(-c3ccc(OC)cc3)coc12. The number of esters is 1. The highest BCUT2D eigenvalue weighted by Crippen LogP contribution is 2.42. The minimum atomic E-state index is -0.569. The van der Waals surface area contributed by atoms with Gasteiger partial charge in [0.2, 0.25) is 5.43 Å². The molecule has 8 heteroatoms. The smallest absolute Gasteiger partial charge is 0.306 e. The Morgan fingerprint density at radius 3 is 2.11 bits per heavy atom. The van der Waals surface area contributed by atoms with E-state index in [1.54, 1.807) is 62.8 Å². The molecule has 0 radical (unpaired) electrons. The summed E-state index contributed by atoms with van der Waals surface area (Å²) in [6.07, 6.45) is 1.41. The summed E-state index contributed by atoms with van der Waals surface area (Å²) in [4.78, 5) is 26.1. The molecule has 0 aliphatic carbocycles. The number of ether oxygens (including phenoxy) is 5. The number of benzene rings is 3. The van der Waals surface area contributed by atoms with Crippen LogP contribution in [0.1, 0.15) is 23.5 Å². The zero-order valence-electron chi connectivity index (χ0n) is 21.3. The van der Waals surface area contributed by atoms with Crippen molar-refractivity contribution in [1.82, 2.24) is 0 Å². The molecule has 1 heterocycles. The molecular formula is C29H28O8. The second kappa shape index (κ2) is 11.1. The van der Waals surface area contributed by atoms with E-state index >= 15 is 0 Å². The second-order valence-corrected chi connectivity index (χ2v) is 8.21. The lowest BCUT2D eigenvalue weighted by molar-refractivity contribution is -0.140. The van der Waals surface area contributed by atoms with Crippen LogP contribution < -0.4 is 24.4 Å². The summed E-state index contributed by atoms with van der Waals surface area (Å²) in [5, 5.41) is 0.361. The molecule has 0 bridgehead atoms. The monoisotopic (exact) mass is 504 g/mol. The van der Waals surface area contributed by atoms with Gasteiger partial charge in [-0.15, -0.1) is 0 Å². The Hall–Kier alpha value is -4.46. The Labute approximate surface area is 214 Å². The Kier molecular flexibility index (Phi) is 7.67. The van der Waals surface area contributed by atoms with Gasteiger partial charge in [0, 0.05) is 11.5 Å². The third-order valence-corrected chi connectivity index (χ3v) is 6.32. The molecule has 192 valence electrons. The third-order valence-electron chi connectivity index (χ3n) is 6.32. The fourth-order valence-electron chi connectivity index (χ4n) is 4.39. The summed E-state index contributed by atoms with van der Waals surface area (Å²) in [6.45, 7) is 0. The van der Waals surface area contributed by atoms with Gasteiger partial charge in [0.15, 0.2) is 11.5 Å². The van der Waals surface area contributed by atoms with Crippen LogP contribution in [0.25, 0.3) is 22.1 Å². The van der Waals surface area contributed by atoms with Crippen molar-refractivity contribution in [3.63, 3.8) is 0 Å². The van der Waals surface area contributed by atoms with Crippen LogP contribution in [0.4, 0.5) is 0 Å². The van der Waals surface area contributed by atoms with Gasteiger partial charge in [0.05, 0.1) is 52.9 Å². The van der Waals surface area contributed by atoms with E-state index in [9.17, 15) is 9.59 Å². The molecule has 0 aliphatic rings. The van der Waals surface area contributed by atoms with E-state index in [0.717, 1.165) is 5.56 Å². The van der Waals surface area contributed by atoms with Crippen LogP contribution in [0.5, 0.6) is 23.0 Å². The molecule has 1 atom stereocenters. The first-order valence-electron chi connectivity index (χ1n) is 11.5. The largest absolute Gasteiger partial charge is 0.497 e. The molecular weight excluding hydrogens is 476 g/mol. The fraction of sp³-hybridized carbons (Fsp3) is 0.241. The summed E-state index contributed by atoms with van der Waals surface area (Å²) >= 11 is 0. The number of fused-ring (bicyclic) bond motifs is 1. The molecule has 0 fully saturated rings. The van der Waals surface area contributed by atoms with Crippen molar-refractivity contribution in [3.8, 4) is 34.1 Å². The summed E-state index contributed by atoms with van der Waals surface area (Å²) in [7, 11) is 7.52. The first-order valence-corrected chi connectivity index (χ1v) is 11.5. The normalized spacial score (nSPS) is 11.6.